The zero-order chi connectivity index (χ0) is 11.9. The van der Waals surface area contributed by atoms with E-state index in [4.69, 9.17) is 11.6 Å². The van der Waals surface area contributed by atoms with Crippen molar-refractivity contribution in [3.8, 4) is 0 Å². The van der Waals surface area contributed by atoms with Gasteiger partial charge >= 0.3 is 0 Å². The summed E-state index contributed by atoms with van der Waals surface area (Å²) in [6, 6.07) is 0. The van der Waals surface area contributed by atoms with Gasteiger partial charge in [0.2, 0.25) is 5.92 Å². The molecule has 5 heteroatoms. The predicted molar refractivity (Wildman–Crippen MR) is 59.0 cm³/mol. The van der Waals surface area contributed by atoms with E-state index in [0.29, 0.717) is 17.6 Å². The predicted octanol–water partition coefficient (Wildman–Crippen LogP) is 3.71. The van der Waals surface area contributed by atoms with Gasteiger partial charge in [0.05, 0.1) is 6.20 Å². The summed E-state index contributed by atoms with van der Waals surface area (Å²) in [4.78, 5) is 0. The molecule has 1 aromatic heterocycles. The van der Waals surface area contributed by atoms with E-state index in [1.807, 2.05) is 13.8 Å². The van der Waals surface area contributed by atoms with Crippen molar-refractivity contribution in [1.82, 2.24) is 9.78 Å². The molecule has 16 heavy (non-hydrogen) atoms. The first kappa shape index (κ1) is 11.8. The van der Waals surface area contributed by atoms with Crippen LogP contribution in [0.1, 0.15) is 38.2 Å². The maximum atomic E-state index is 12.7. The molecule has 1 saturated carbocycles. The van der Waals surface area contributed by atoms with Gasteiger partial charge in [-0.15, -0.1) is 0 Å². The normalized spacial score (nSPS) is 20.1. The lowest BCUT2D eigenvalue weighted by atomic mass is 9.81. The summed E-state index contributed by atoms with van der Waals surface area (Å²) in [5.74, 6) is -2.15. The Morgan fingerprint density at radius 3 is 2.62 bits per heavy atom. The van der Waals surface area contributed by atoms with Crippen molar-refractivity contribution in [3.05, 3.63) is 16.9 Å². The maximum Gasteiger partial charge on any atom is 0.248 e. The van der Waals surface area contributed by atoms with Gasteiger partial charge < -0.3 is 0 Å². The molecule has 0 amide bonds. The highest BCUT2D eigenvalue weighted by molar-refractivity contribution is 6.30. The van der Waals surface area contributed by atoms with Gasteiger partial charge in [0.15, 0.2) is 0 Å². The van der Waals surface area contributed by atoms with Crippen molar-refractivity contribution in [1.29, 1.82) is 0 Å². The monoisotopic (exact) mass is 248 g/mol. The largest absolute Gasteiger partial charge is 0.253 e. The highest BCUT2D eigenvalue weighted by Gasteiger charge is 2.45. The maximum absolute atomic E-state index is 12.7. The third-order valence-electron chi connectivity index (χ3n) is 3.03. The lowest BCUT2D eigenvalue weighted by molar-refractivity contribution is -0.114. The van der Waals surface area contributed by atoms with Crippen LogP contribution in [0.5, 0.6) is 0 Å². The minimum Gasteiger partial charge on any atom is -0.253 e. The lowest BCUT2D eigenvalue weighted by Crippen LogP contribution is -2.37. The van der Waals surface area contributed by atoms with Crippen LogP contribution in [-0.2, 0) is 6.54 Å². The molecule has 1 heterocycles. The molecule has 0 atom stereocenters. The summed E-state index contributed by atoms with van der Waals surface area (Å²) < 4.78 is 27.0. The van der Waals surface area contributed by atoms with Crippen LogP contribution in [0.2, 0.25) is 5.15 Å². The van der Waals surface area contributed by atoms with Gasteiger partial charge in [-0.25, -0.2) is 8.78 Å². The van der Waals surface area contributed by atoms with Crippen molar-refractivity contribution < 1.29 is 8.78 Å². The molecule has 0 unspecified atom stereocenters. The molecular weight excluding hydrogens is 234 g/mol. The second kappa shape index (κ2) is 3.99. The Morgan fingerprint density at radius 1 is 1.56 bits per heavy atom. The quantitative estimate of drug-likeness (QED) is 0.798. The minimum absolute atomic E-state index is 0.00686. The van der Waals surface area contributed by atoms with Crippen LogP contribution >= 0.6 is 11.6 Å². The number of hydrogen-bond donors (Lipinski definition) is 0. The molecule has 90 valence electrons. The Balaban J connectivity index is 2.01. The number of nitrogens with zero attached hydrogens (tertiary/aromatic N) is 2. The summed E-state index contributed by atoms with van der Waals surface area (Å²) in [6.07, 6.45) is 1.64. The van der Waals surface area contributed by atoms with E-state index in [2.05, 4.69) is 5.10 Å². The van der Waals surface area contributed by atoms with E-state index < -0.39 is 5.92 Å². The average Bonchev–Trinajstić information content (AvgIpc) is 2.45. The zero-order valence-corrected chi connectivity index (χ0v) is 10.1. The summed E-state index contributed by atoms with van der Waals surface area (Å²) in [5, 5.41) is 4.73. The highest BCUT2D eigenvalue weighted by Crippen LogP contribution is 2.43. The molecule has 2 nitrogen and oxygen atoms in total. The first-order valence-electron chi connectivity index (χ1n) is 5.48. The Hall–Kier alpha value is -0.640. The smallest absolute Gasteiger partial charge is 0.248 e. The number of hydrogen-bond acceptors (Lipinski definition) is 1. The molecule has 1 aliphatic rings. The van der Waals surface area contributed by atoms with E-state index in [0.717, 1.165) is 5.56 Å². The van der Waals surface area contributed by atoms with E-state index >= 15 is 0 Å². The van der Waals surface area contributed by atoms with Crippen molar-refractivity contribution in [2.24, 2.45) is 5.92 Å². The van der Waals surface area contributed by atoms with Crippen LogP contribution < -0.4 is 0 Å². The molecule has 1 fully saturated rings. The lowest BCUT2D eigenvalue weighted by Gasteiger charge is -2.34. The Kier molecular flexibility index (Phi) is 2.95. The van der Waals surface area contributed by atoms with Crippen LogP contribution in [0, 0.1) is 5.92 Å². The average molecular weight is 249 g/mol. The van der Waals surface area contributed by atoms with Gasteiger partial charge in [-0.3, -0.25) is 4.68 Å². The van der Waals surface area contributed by atoms with Gasteiger partial charge in [-0.05, 0) is 11.8 Å². The molecule has 0 bridgehead atoms. The van der Waals surface area contributed by atoms with Gasteiger partial charge in [0.1, 0.15) is 5.15 Å². The van der Waals surface area contributed by atoms with Crippen LogP contribution in [-0.4, -0.2) is 15.7 Å². The number of rotatable bonds is 3. The van der Waals surface area contributed by atoms with Gasteiger partial charge in [0.25, 0.3) is 0 Å². The summed E-state index contributed by atoms with van der Waals surface area (Å²) >= 11 is 6.13. The first-order valence-corrected chi connectivity index (χ1v) is 5.86. The van der Waals surface area contributed by atoms with E-state index in [9.17, 15) is 8.78 Å². The van der Waals surface area contributed by atoms with E-state index in [-0.39, 0.29) is 18.8 Å². The number of alkyl halides is 2. The van der Waals surface area contributed by atoms with Gasteiger partial charge in [0, 0.05) is 24.9 Å². The number of aromatic nitrogens is 2. The van der Waals surface area contributed by atoms with E-state index in [1.54, 1.807) is 10.9 Å². The topological polar surface area (TPSA) is 17.8 Å². The van der Waals surface area contributed by atoms with Crippen LogP contribution in [0.15, 0.2) is 6.20 Å². The highest BCUT2D eigenvalue weighted by atomic mass is 35.5. The van der Waals surface area contributed by atoms with E-state index in [1.165, 1.54) is 0 Å². The molecule has 0 aromatic carbocycles. The Labute approximate surface area is 98.6 Å². The van der Waals surface area contributed by atoms with Crippen LogP contribution in [0.3, 0.4) is 0 Å². The molecule has 0 radical (unpaired) electrons. The van der Waals surface area contributed by atoms with Crippen LogP contribution in [0.25, 0.3) is 0 Å². The standard InChI is InChI=1S/C11H15ClF2N2/c1-7(2)9-5-15-16(10(9)12)6-8-3-11(13,14)4-8/h5,7-8H,3-4,6H2,1-2H3. The third-order valence-corrected chi connectivity index (χ3v) is 3.44. The summed E-state index contributed by atoms with van der Waals surface area (Å²) in [6.45, 7) is 4.57. The fraction of sp³-hybridized carbons (Fsp3) is 0.727. The molecule has 2 rings (SSSR count). The zero-order valence-electron chi connectivity index (χ0n) is 9.38. The van der Waals surface area contributed by atoms with Crippen molar-refractivity contribution in [2.75, 3.05) is 0 Å². The fourth-order valence-corrected chi connectivity index (χ4v) is 2.44. The fourth-order valence-electron chi connectivity index (χ4n) is 2.06. The molecule has 0 saturated heterocycles. The molecule has 0 N–H and O–H groups in total. The second-order valence-corrected chi connectivity index (χ2v) is 5.22. The van der Waals surface area contributed by atoms with Crippen molar-refractivity contribution in [2.45, 2.75) is 45.1 Å². The second-order valence-electron chi connectivity index (χ2n) is 4.86. The van der Waals surface area contributed by atoms with Crippen molar-refractivity contribution >= 4 is 11.6 Å². The molecule has 0 aliphatic heterocycles. The molecule has 1 aliphatic carbocycles. The Bertz CT molecular complexity index is 379. The molecule has 1 aromatic rings. The summed E-state index contributed by atoms with van der Waals surface area (Å²) in [5.41, 5.74) is 0.979. The summed E-state index contributed by atoms with van der Waals surface area (Å²) in [7, 11) is 0. The first-order chi connectivity index (χ1) is 7.39. The third kappa shape index (κ3) is 2.21. The SMILES string of the molecule is CC(C)c1cnn(CC2CC(F)(F)C2)c1Cl. The Morgan fingerprint density at radius 2 is 2.19 bits per heavy atom. The van der Waals surface area contributed by atoms with Gasteiger partial charge in [-0.1, -0.05) is 25.4 Å². The molecular formula is C11H15ClF2N2. The van der Waals surface area contributed by atoms with Gasteiger partial charge in [-0.2, -0.15) is 5.10 Å². The van der Waals surface area contributed by atoms with Crippen molar-refractivity contribution in [3.63, 3.8) is 0 Å². The minimum atomic E-state index is -2.47. The molecule has 0 spiro atoms. The van der Waals surface area contributed by atoms with Crippen LogP contribution in [0.4, 0.5) is 8.78 Å². The number of halogens is 3.